The third kappa shape index (κ3) is 5.80. The summed E-state index contributed by atoms with van der Waals surface area (Å²) in [5.74, 6) is -0.617. The number of imide groups is 1. The van der Waals surface area contributed by atoms with Gasteiger partial charge >= 0.3 is 6.03 Å². The van der Waals surface area contributed by atoms with E-state index >= 15 is 0 Å². The lowest BCUT2D eigenvalue weighted by Gasteiger charge is -2.10. The first-order chi connectivity index (χ1) is 15.0. The minimum absolute atomic E-state index is 0.0277. The fourth-order valence-corrected chi connectivity index (χ4v) is 4.05. The van der Waals surface area contributed by atoms with Gasteiger partial charge in [-0.15, -0.1) is 0 Å². The van der Waals surface area contributed by atoms with Crippen molar-refractivity contribution in [3.63, 3.8) is 0 Å². The Morgan fingerprint density at radius 2 is 1.53 bits per heavy atom. The normalized spacial score (nSPS) is 11.0. The molecule has 9 nitrogen and oxygen atoms in total. The van der Waals surface area contributed by atoms with Crippen LogP contribution in [0, 0.1) is 20.8 Å². The van der Waals surface area contributed by atoms with E-state index in [4.69, 9.17) is 11.6 Å². The first-order valence-electron chi connectivity index (χ1n) is 9.37. The molecule has 0 fully saturated rings. The zero-order valence-corrected chi connectivity index (χ0v) is 19.0. The summed E-state index contributed by atoms with van der Waals surface area (Å²) in [5, 5.41) is 5.18. The highest BCUT2D eigenvalue weighted by Gasteiger charge is 2.17. The molecule has 3 aromatic rings. The highest BCUT2D eigenvalue weighted by molar-refractivity contribution is 7.92. The molecule has 2 aromatic carbocycles. The second-order valence-electron chi connectivity index (χ2n) is 6.97. The van der Waals surface area contributed by atoms with Crippen molar-refractivity contribution in [2.75, 3.05) is 10.0 Å². The average molecular weight is 474 g/mol. The molecule has 0 aliphatic rings. The molecule has 0 aliphatic heterocycles. The fraction of sp³-hybridized carbons (Fsp3) is 0.143. The quantitative estimate of drug-likeness (QED) is 0.516. The molecule has 0 saturated carbocycles. The zero-order valence-electron chi connectivity index (χ0n) is 17.4. The minimum atomic E-state index is -3.92. The zero-order chi connectivity index (χ0) is 23.5. The molecule has 166 valence electrons. The lowest BCUT2D eigenvalue weighted by atomic mass is 10.1. The lowest BCUT2D eigenvalue weighted by molar-refractivity contribution is 0.0966. The second kappa shape index (κ2) is 9.33. The molecule has 1 aromatic heterocycles. The first kappa shape index (κ1) is 23.2. The number of urea groups is 1. The van der Waals surface area contributed by atoms with Crippen LogP contribution < -0.4 is 15.4 Å². The van der Waals surface area contributed by atoms with Crippen LogP contribution in [0.25, 0.3) is 0 Å². The van der Waals surface area contributed by atoms with Crippen LogP contribution in [-0.2, 0) is 10.0 Å². The second-order valence-corrected chi connectivity index (χ2v) is 9.09. The molecule has 3 rings (SSSR count). The van der Waals surface area contributed by atoms with Crippen LogP contribution >= 0.6 is 11.6 Å². The Morgan fingerprint density at radius 3 is 2.12 bits per heavy atom. The van der Waals surface area contributed by atoms with Crippen LogP contribution in [0.1, 0.15) is 27.3 Å². The van der Waals surface area contributed by atoms with Gasteiger partial charge in [-0.1, -0.05) is 11.6 Å². The molecule has 3 N–H and O–H groups in total. The summed E-state index contributed by atoms with van der Waals surface area (Å²) in [6.45, 7) is 5.17. The predicted octanol–water partition coefficient (Wildman–Crippen LogP) is 3.82. The number of halogens is 1. The van der Waals surface area contributed by atoms with Gasteiger partial charge in [-0.25, -0.2) is 27.9 Å². The number of carbonyl (C=O) groups excluding carboxylic acids is 2. The SMILES string of the molecule is Cc1cc(C)nc(NS(=O)(=O)c2ccc(NC(=O)NC(=O)c3ccc(Cl)cc3C)cc2)n1. The van der Waals surface area contributed by atoms with Gasteiger partial charge in [0.15, 0.2) is 0 Å². The molecular weight excluding hydrogens is 454 g/mol. The van der Waals surface area contributed by atoms with Crippen molar-refractivity contribution < 1.29 is 18.0 Å². The van der Waals surface area contributed by atoms with Crippen LogP contribution in [0.2, 0.25) is 5.02 Å². The minimum Gasteiger partial charge on any atom is -0.308 e. The van der Waals surface area contributed by atoms with Gasteiger partial charge in [0.1, 0.15) is 0 Å². The van der Waals surface area contributed by atoms with E-state index in [1.165, 1.54) is 30.3 Å². The van der Waals surface area contributed by atoms with Gasteiger partial charge in [0.05, 0.1) is 4.90 Å². The van der Waals surface area contributed by atoms with Crippen LogP contribution in [-0.4, -0.2) is 30.3 Å². The number of benzene rings is 2. The Balaban J connectivity index is 1.65. The van der Waals surface area contributed by atoms with Gasteiger partial charge in [0.25, 0.3) is 15.9 Å². The van der Waals surface area contributed by atoms with E-state index < -0.39 is 22.0 Å². The Labute approximate surface area is 190 Å². The number of aromatic nitrogens is 2. The topological polar surface area (TPSA) is 130 Å². The number of nitrogens with one attached hydrogen (secondary N) is 3. The third-order valence-electron chi connectivity index (χ3n) is 4.29. The van der Waals surface area contributed by atoms with Gasteiger partial charge in [-0.05, 0) is 74.9 Å². The van der Waals surface area contributed by atoms with Crippen molar-refractivity contribution in [2.45, 2.75) is 25.7 Å². The van der Waals surface area contributed by atoms with Crippen LogP contribution in [0.5, 0.6) is 0 Å². The standard InChI is InChI=1S/C21H20ClN5O4S/c1-12-10-15(22)4-9-18(12)19(28)26-21(29)25-16-5-7-17(8-6-16)32(30,31)27-20-23-13(2)11-14(3)24-20/h4-11H,1-3H3,(H,23,24,27)(H2,25,26,28,29). The number of hydrogen-bond donors (Lipinski definition) is 3. The largest absolute Gasteiger partial charge is 0.326 e. The highest BCUT2D eigenvalue weighted by Crippen LogP contribution is 2.18. The summed E-state index contributed by atoms with van der Waals surface area (Å²) >= 11 is 5.87. The maximum Gasteiger partial charge on any atom is 0.326 e. The van der Waals surface area contributed by atoms with E-state index in [2.05, 4.69) is 25.3 Å². The molecule has 1 heterocycles. The summed E-state index contributed by atoms with van der Waals surface area (Å²) in [6, 6.07) is 11.1. The van der Waals surface area contributed by atoms with Gasteiger partial charge in [-0.3, -0.25) is 10.1 Å². The number of hydrogen-bond acceptors (Lipinski definition) is 6. The average Bonchev–Trinajstić information content (AvgIpc) is 2.67. The van der Waals surface area contributed by atoms with Crippen molar-refractivity contribution in [1.82, 2.24) is 15.3 Å². The number of carbonyl (C=O) groups is 2. The molecule has 0 unspecified atom stereocenters. The Hall–Kier alpha value is -3.50. The maximum absolute atomic E-state index is 12.6. The van der Waals surface area contributed by atoms with Crippen molar-refractivity contribution >= 4 is 45.2 Å². The number of sulfonamides is 1. The Morgan fingerprint density at radius 1 is 0.906 bits per heavy atom. The van der Waals surface area contributed by atoms with Crippen molar-refractivity contribution in [2.24, 2.45) is 0 Å². The summed E-state index contributed by atoms with van der Waals surface area (Å²) in [7, 11) is -3.92. The van der Waals surface area contributed by atoms with Crippen molar-refractivity contribution in [1.29, 1.82) is 0 Å². The lowest BCUT2D eigenvalue weighted by Crippen LogP contribution is -2.34. The summed E-state index contributed by atoms with van der Waals surface area (Å²) in [4.78, 5) is 32.5. The van der Waals surface area contributed by atoms with E-state index in [0.717, 1.165) is 0 Å². The smallest absolute Gasteiger partial charge is 0.308 e. The number of aryl methyl sites for hydroxylation is 3. The molecule has 0 saturated heterocycles. The van der Waals surface area contributed by atoms with Crippen LogP contribution in [0.15, 0.2) is 53.4 Å². The molecule has 32 heavy (non-hydrogen) atoms. The Bertz CT molecular complexity index is 1270. The van der Waals surface area contributed by atoms with Gasteiger partial charge < -0.3 is 5.32 Å². The molecule has 0 atom stereocenters. The monoisotopic (exact) mass is 473 g/mol. The van der Waals surface area contributed by atoms with E-state index in [0.29, 0.717) is 33.2 Å². The van der Waals surface area contributed by atoms with Crippen LogP contribution in [0.3, 0.4) is 0 Å². The van der Waals surface area contributed by atoms with Gasteiger partial charge in [0.2, 0.25) is 5.95 Å². The number of nitrogens with zero attached hydrogens (tertiary/aromatic N) is 2. The molecule has 0 bridgehead atoms. The molecule has 11 heteroatoms. The number of anilines is 2. The van der Waals surface area contributed by atoms with Gasteiger partial charge in [0, 0.05) is 27.7 Å². The first-order valence-corrected chi connectivity index (χ1v) is 11.2. The third-order valence-corrected chi connectivity index (χ3v) is 5.87. The fourth-order valence-electron chi connectivity index (χ4n) is 2.88. The summed E-state index contributed by atoms with van der Waals surface area (Å²) in [6.07, 6.45) is 0. The molecule has 0 spiro atoms. The highest BCUT2D eigenvalue weighted by atomic mass is 35.5. The van der Waals surface area contributed by atoms with Crippen molar-refractivity contribution in [3.05, 3.63) is 76.1 Å². The Kier molecular flexibility index (Phi) is 6.75. The van der Waals surface area contributed by atoms with Crippen molar-refractivity contribution in [3.8, 4) is 0 Å². The molecule has 0 radical (unpaired) electrons. The summed E-state index contributed by atoms with van der Waals surface area (Å²) < 4.78 is 27.5. The maximum atomic E-state index is 12.6. The molecule has 0 aliphatic carbocycles. The predicted molar refractivity (Wildman–Crippen MR) is 121 cm³/mol. The molecular formula is C21H20ClN5O4S. The van der Waals surface area contributed by atoms with E-state index in [1.807, 2.05) is 0 Å². The van der Waals surface area contributed by atoms with E-state index in [-0.39, 0.29) is 10.8 Å². The van der Waals surface area contributed by atoms with Crippen LogP contribution in [0.4, 0.5) is 16.4 Å². The van der Waals surface area contributed by atoms with E-state index in [1.54, 1.807) is 39.0 Å². The number of rotatable bonds is 5. The van der Waals surface area contributed by atoms with E-state index in [9.17, 15) is 18.0 Å². The summed E-state index contributed by atoms with van der Waals surface area (Å²) in [5.41, 5.74) is 2.49. The van der Waals surface area contributed by atoms with Gasteiger partial charge in [-0.2, -0.15) is 0 Å². The number of amides is 3. The molecule has 3 amide bonds.